The lowest BCUT2D eigenvalue weighted by molar-refractivity contribution is 0.108. The number of carbonyl (C=O) groups is 1. The van der Waals surface area contributed by atoms with Crippen molar-refractivity contribution in [3.05, 3.63) is 34.6 Å². The van der Waals surface area contributed by atoms with E-state index in [0.717, 1.165) is 10.0 Å². The summed E-state index contributed by atoms with van der Waals surface area (Å²) in [6.45, 7) is 0. The van der Waals surface area contributed by atoms with Crippen molar-refractivity contribution in [1.82, 2.24) is 10.1 Å². The molecular formula is C9H5BrN2O2. The third-order valence-corrected chi connectivity index (χ3v) is 2.17. The van der Waals surface area contributed by atoms with E-state index in [0.29, 0.717) is 12.1 Å². The predicted octanol–water partition coefficient (Wildman–Crippen LogP) is 2.31. The number of hydrogen-bond donors (Lipinski definition) is 0. The molecule has 2 rings (SSSR count). The zero-order chi connectivity index (χ0) is 9.97. The number of hydrogen-bond acceptors (Lipinski definition) is 4. The second-order valence-electron chi connectivity index (χ2n) is 2.58. The van der Waals surface area contributed by atoms with Crippen LogP contribution < -0.4 is 0 Å². The average Bonchev–Trinajstić information content (AvgIpc) is 2.67. The Kier molecular flexibility index (Phi) is 2.41. The minimum atomic E-state index is -0.0112. The first kappa shape index (κ1) is 9.08. The molecule has 0 N–H and O–H groups in total. The van der Waals surface area contributed by atoms with E-state index in [9.17, 15) is 4.79 Å². The maximum absolute atomic E-state index is 10.3. The molecule has 0 unspecified atom stereocenters. The monoisotopic (exact) mass is 252 g/mol. The third kappa shape index (κ3) is 1.72. The molecule has 0 aliphatic carbocycles. The van der Waals surface area contributed by atoms with Gasteiger partial charge in [0.05, 0.1) is 0 Å². The van der Waals surface area contributed by atoms with Crippen LogP contribution in [0.5, 0.6) is 0 Å². The third-order valence-electron chi connectivity index (χ3n) is 1.64. The first-order chi connectivity index (χ1) is 6.79. The molecule has 70 valence electrons. The van der Waals surface area contributed by atoms with Crippen molar-refractivity contribution in [3.8, 4) is 11.4 Å². The van der Waals surface area contributed by atoms with Crippen molar-refractivity contribution in [2.45, 2.75) is 0 Å². The number of aromatic nitrogens is 2. The first-order valence-corrected chi connectivity index (χ1v) is 4.64. The highest BCUT2D eigenvalue weighted by Crippen LogP contribution is 2.18. The highest BCUT2D eigenvalue weighted by Gasteiger charge is 2.06. The highest BCUT2D eigenvalue weighted by atomic mass is 79.9. The number of benzene rings is 1. The fourth-order valence-electron chi connectivity index (χ4n) is 0.999. The van der Waals surface area contributed by atoms with E-state index in [-0.39, 0.29) is 5.89 Å². The van der Waals surface area contributed by atoms with E-state index in [2.05, 4.69) is 30.6 Å². The van der Waals surface area contributed by atoms with E-state index in [4.69, 9.17) is 0 Å². The number of halogens is 1. The molecule has 0 bridgehead atoms. The fourth-order valence-corrected chi connectivity index (χ4v) is 1.26. The van der Waals surface area contributed by atoms with E-state index in [1.807, 2.05) is 24.3 Å². The van der Waals surface area contributed by atoms with Gasteiger partial charge in [0, 0.05) is 10.0 Å². The molecule has 0 aliphatic heterocycles. The van der Waals surface area contributed by atoms with Gasteiger partial charge in [-0.05, 0) is 24.3 Å². The number of nitrogens with zero attached hydrogens (tertiary/aromatic N) is 2. The molecule has 14 heavy (non-hydrogen) atoms. The van der Waals surface area contributed by atoms with Crippen LogP contribution in [-0.2, 0) is 0 Å². The highest BCUT2D eigenvalue weighted by molar-refractivity contribution is 9.10. The van der Waals surface area contributed by atoms with Gasteiger partial charge in [-0.15, -0.1) is 0 Å². The van der Waals surface area contributed by atoms with E-state index in [1.165, 1.54) is 0 Å². The smallest absolute Gasteiger partial charge is 0.291 e. The Morgan fingerprint density at radius 2 is 2.00 bits per heavy atom. The standard InChI is InChI=1S/C9H5BrN2O2/c10-7-3-1-6(2-4-7)9-11-8(5-13)14-12-9/h1-5H. The van der Waals surface area contributed by atoms with E-state index >= 15 is 0 Å². The molecule has 2 aromatic rings. The number of rotatable bonds is 2. The summed E-state index contributed by atoms with van der Waals surface area (Å²) in [5, 5.41) is 3.65. The Morgan fingerprint density at radius 1 is 1.29 bits per heavy atom. The summed E-state index contributed by atoms with van der Waals surface area (Å²) in [7, 11) is 0. The van der Waals surface area contributed by atoms with Crippen LogP contribution in [0.2, 0.25) is 0 Å². The maximum atomic E-state index is 10.3. The topological polar surface area (TPSA) is 56.0 Å². The summed E-state index contributed by atoms with van der Waals surface area (Å²) in [6, 6.07) is 7.41. The minimum Gasteiger partial charge on any atom is -0.331 e. The molecule has 0 aliphatic rings. The zero-order valence-corrected chi connectivity index (χ0v) is 8.56. The lowest BCUT2D eigenvalue weighted by Gasteiger charge is -1.92. The summed E-state index contributed by atoms with van der Waals surface area (Å²) in [5.41, 5.74) is 0.810. The van der Waals surface area contributed by atoms with Crippen molar-refractivity contribution >= 4 is 22.2 Å². The lowest BCUT2D eigenvalue weighted by atomic mass is 10.2. The Labute approximate surface area is 88.1 Å². The summed E-state index contributed by atoms with van der Waals surface area (Å²) in [5.74, 6) is 0.405. The van der Waals surface area contributed by atoms with Crippen LogP contribution in [0.25, 0.3) is 11.4 Å². The molecule has 1 heterocycles. The first-order valence-electron chi connectivity index (χ1n) is 3.84. The molecule has 0 saturated heterocycles. The van der Waals surface area contributed by atoms with Crippen LogP contribution >= 0.6 is 15.9 Å². The molecule has 0 radical (unpaired) electrons. The summed E-state index contributed by atoms with van der Waals surface area (Å²) >= 11 is 3.32. The molecule has 0 saturated carbocycles. The molecule has 0 amide bonds. The van der Waals surface area contributed by atoms with Crippen LogP contribution in [0.4, 0.5) is 0 Å². The Morgan fingerprint density at radius 3 is 2.57 bits per heavy atom. The van der Waals surface area contributed by atoms with Crippen LogP contribution in [0, 0.1) is 0 Å². The van der Waals surface area contributed by atoms with Gasteiger partial charge >= 0.3 is 0 Å². The molecule has 4 nitrogen and oxygen atoms in total. The Hall–Kier alpha value is -1.49. The van der Waals surface area contributed by atoms with Gasteiger partial charge in [0.2, 0.25) is 12.1 Å². The van der Waals surface area contributed by atoms with Gasteiger partial charge in [-0.3, -0.25) is 4.79 Å². The van der Waals surface area contributed by atoms with Crippen molar-refractivity contribution in [2.75, 3.05) is 0 Å². The van der Waals surface area contributed by atoms with Gasteiger partial charge in [0.15, 0.2) is 0 Å². The summed E-state index contributed by atoms with van der Waals surface area (Å²) in [4.78, 5) is 14.2. The quantitative estimate of drug-likeness (QED) is 0.770. The van der Waals surface area contributed by atoms with Crippen molar-refractivity contribution in [3.63, 3.8) is 0 Å². The van der Waals surface area contributed by atoms with Crippen molar-refractivity contribution in [1.29, 1.82) is 0 Å². The van der Waals surface area contributed by atoms with Gasteiger partial charge < -0.3 is 4.52 Å². The van der Waals surface area contributed by atoms with E-state index in [1.54, 1.807) is 0 Å². The summed E-state index contributed by atoms with van der Waals surface area (Å²) in [6.07, 6.45) is 0.523. The maximum Gasteiger partial charge on any atom is 0.291 e. The van der Waals surface area contributed by atoms with Crippen molar-refractivity contribution < 1.29 is 9.32 Å². The normalized spacial score (nSPS) is 10.1. The Bertz CT molecular complexity index is 450. The number of carbonyl (C=O) groups excluding carboxylic acids is 1. The van der Waals surface area contributed by atoms with Crippen LogP contribution in [0.15, 0.2) is 33.3 Å². The number of aldehydes is 1. The van der Waals surface area contributed by atoms with Gasteiger partial charge in [0.1, 0.15) is 0 Å². The molecule has 0 spiro atoms. The fraction of sp³-hybridized carbons (Fsp3) is 0. The second kappa shape index (κ2) is 3.71. The molecule has 5 heteroatoms. The molecule has 0 atom stereocenters. The molecule has 1 aromatic heterocycles. The SMILES string of the molecule is O=Cc1nc(-c2ccc(Br)cc2)no1. The lowest BCUT2D eigenvalue weighted by Crippen LogP contribution is -1.81. The van der Waals surface area contributed by atoms with Crippen LogP contribution in [0.1, 0.15) is 10.7 Å². The van der Waals surface area contributed by atoms with Gasteiger partial charge in [-0.2, -0.15) is 4.98 Å². The zero-order valence-electron chi connectivity index (χ0n) is 6.98. The van der Waals surface area contributed by atoms with E-state index < -0.39 is 0 Å². The molecular weight excluding hydrogens is 248 g/mol. The van der Waals surface area contributed by atoms with Gasteiger partial charge in [0.25, 0.3) is 5.89 Å². The largest absolute Gasteiger partial charge is 0.331 e. The molecule has 1 aromatic carbocycles. The molecule has 0 fully saturated rings. The minimum absolute atomic E-state index is 0.0112. The van der Waals surface area contributed by atoms with Gasteiger partial charge in [-0.25, -0.2) is 0 Å². The second-order valence-corrected chi connectivity index (χ2v) is 3.50. The van der Waals surface area contributed by atoms with Crippen LogP contribution in [-0.4, -0.2) is 16.4 Å². The van der Waals surface area contributed by atoms with Crippen LogP contribution in [0.3, 0.4) is 0 Å². The average molecular weight is 253 g/mol. The Balaban J connectivity index is 2.39. The predicted molar refractivity (Wildman–Crippen MR) is 52.8 cm³/mol. The van der Waals surface area contributed by atoms with Crippen molar-refractivity contribution in [2.24, 2.45) is 0 Å². The van der Waals surface area contributed by atoms with Gasteiger partial charge in [-0.1, -0.05) is 21.1 Å². The summed E-state index contributed by atoms with van der Waals surface area (Å²) < 4.78 is 5.63.